The Morgan fingerprint density at radius 1 is 1.25 bits per heavy atom. The Labute approximate surface area is 73.8 Å². The molecule has 1 nitrogen and oxygen atoms in total. The smallest absolute Gasteiger partial charge is 0.0108 e. The molecule has 2 atom stereocenters. The minimum absolute atomic E-state index is 0.646. The number of benzene rings is 1. The zero-order chi connectivity index (χ0) is 8.39. The standard InChI is InChI=1S/C11H15N/c1-9-11(7-8-12-9)10-5-3-2-4-6-10/h2-6,9,11-12H,7-8H2,1H3/t9-,11+/m1/s1. The highest BCUT2D eigenvalue weighted by molar-refractivity contribution is 5.22. The molecule has 1 aromatic rings. The van der Waals surface area contributed by atoms with E-state index in [9.17, 15) is 0 Å². The monoisotopic (exact) mass is 161 g/mol. The topological polar surface area (TPSA) is 12.0 Å². The molecule has 1 heterocycles. The van der Waals surface area contributed by atoms with Crippen molar-refractivity contribution >= 4 is 0 Å². The highest BCUT2D eigenvalue weighted by Crippen LogP contribution is 2.26. The lowest BCUT2D eigenvalue weighted by Gasteiger charge is -2.14. The second-order valence-electron chi connectivity index (χ2n) is 3.55. The maximum Gasteiger partial charge on any atom is 0.0108 e. The summed E-state index contributed by atoms with van der Waals surface area (Å²) in [6, 6.07) is 11.4. The van der Waals surface area contributed by atoms with Crippen LogP contribution >= 0.6 is 0 Å². The summed E-state index contributed by atoms with van der Waals surface area (Å²) in [5.74, 6) is 0.728. The van der Waals surface area contributed by atoms with Gasteiger partial charge in [-0.2, -0.15) is 0 Å². The Morgan fingerprint density at radius 2 is 2.00 bits per heavy atom. The van der Waals surface area contributed by atoms with Crippen molar-refractivity contribution in [3.63, 3.8) is 0 Å². The van der Waals surface area contributed by atoms with E-state index in [1.165, 1.54) is 18.5 Å². The van der Waals surface area contributed by atoms with E-state index >= 15 is 0 Å². The third-order valence-corrected chi connectivity index (χ3v) is 2.75. The summed E-state index contributed by atoms with van der Waals surface area (Å²) in [6.45, 7) is 3.44. The van der Waals surface area contributed by atoms with Crippen LogP contribution in [0.2, 0.25) is 0 Å². The molecule has 0 unspecified atom stereocenters. The summed E-state index contributed by atoms with van der Waals surface area (Å²) in [6.07, 6.45) is 1.28. The van der Waals surface area contributed by atoms with Crippen LogP contribution in [0.1, 0.15) is 24.8 Å². The summed E-state index contributed by atoms with van der Waals surface area (Å²) in [5.41, 5.74) is 1.48. The summed E-state index contributed by atoms with van der Waals surface area (Å²) in [7, 11) is 0. The van der Waals surface area contributed by atoms with Crippen LogP contribution < -0.4 is 5.32 Å². The molecule has 0 radical (unpaired) electrons. The van der Waals surface area contributed by atoms with Crippen molar-refractivity contribution in [2.45, 2.75) is 25.3 Å². The van der Waals surface area contributed by atoms with Crippen LogP contribution in [0.15, 0.2) is 30.3 Å². The van der Waals surface area contributed by atoms with Crippen molar-refractivity contribution in [1.82, 2.24) is 5.32 Å². The molecule has 64 valence electrons. The highest BCUT2D eigenvalue weighted by Gasteiger charge is 2.23. The van der Waals surface area contributed by atoms with Gasteiger partial charge in [0.25, 0.3) is 0 Å². The summed E-state index contributed by atoms with van der Waals surface area (Å²) >= 11 is 0. The van der Waals surface area contributed by atoms with Gasteiger partial charge in [0.1, 0.15) is 0 Å². The third-order valence-electron chi connectivity index (χ3n) is 2.75. The molecule has 0 saturated carbocycles. The largest absolute Gasteiger partial charge is 0.314 e. The molecule has 0 spiro atoms. The summed E-state index contributed by atoms with van der Waals surface area (Å²) in [4.78, 5) is 0. The van der Waals surface area contributed by atoms with Crippen molar-refractivity contribution in [1.29, 1.82) is 0 Å². The van der Waals surface area contributed by atoms with E-state index in [0.717, 1.165) is 5.92 Å². The molecule has 0 aromatic heterocycles. The van der Waals surface area contributed by atoms with Gasteiger partial charge in [-0.1, -0.05) is 30.3 Å². The molecule has 12 heavy (non-hydrogen) atoms. The van der Waals surface area contributed by atoms with Crippen LogP contribution in [0.3, 0.4) is 0 Å². The van der Waals surface area contributed by atoms with Crippen LogP contribution in [0.5, 0.6) is 0 Å². The van der Waals surface area contributed by atoms with Gasteiger partial charge in [-0.05, 0) is 25.5 Å². The van der Waals surface area contributed by atoms with Crippen LogP contribution in [0.25, 0.3) is 0 Å². The lowest BCUT2D eigenvalue weighted by molar-refractivity contribution is 0.594. The highest BCUT2D eigenvalue weighted by atomic mass is 14.9. The molecule has 0 amide bonds. The Bertz CT molecular complexity index is 242. The molecule has 0 bridgehead atoms. The van der Waals surface area contributed by atoms with Crippen molar-refractivity contribution in [2.75, 3.05) is 6.54 Å². The average molecular weight is 161 g/mol. The van der Waals surface area contributed by atoms with Crippen molar-refractivity contribution < 1.29 is 0 Å². The van der Waals surface area contributed by atoms with Gasteiger partial charge < -0.3 is 5.32 Å². The Morgan fingerprint density at radius 3 is 2.58 bits per heavy atom. The molecule has 1 aliphatic rings. The molecular formula is C11H15N. The molecule has 1 aromatic carbocycles. The van der Waals surface area contributed by atoms with Gasteiger partial charge >= 0.3 is 0 Å². The normalized spacial score (nSPS) is 29.1. The van der Waals surface area contributed by atoms with E-state index < -0.39 is 0 Å². The van der Waals surface area contributed by atoms with E-state index in [2.05, 4.69) is 42.6 Å². The predicted octanol–water partition coefficient (Wildman–Crippen LogP) is 2.15. The maximum absolute atomic E-state index is 3.47. The van der Waals surface area contributed by atoms with Crippen LogP contribution in [-0.4, -0.2) is 12.6 Å². The van der Waals surface area contributed by atoms with E-state index in [1.54, 1.807) is 0 Å². The summed E-state index contributed by atoms with van der Waals surface area (Å²) < 4.78 is 0. The van der Waals surface area contributed by atoms with Gasteiger partial charge in [0.15, 0.2) is 0 Å². The number of hydrogen-bond donors (Lipinski definition) is 1. The molecule has 1 N–H and O–H groups in total. The van der Waals surface area contributed by atoms with Gasteiger partial charge in [-0.15, -0.1) is 0 Å². The molecule has 1 heteroatoms. The fraction of sp³-hybridized carbons (Fsp3) is 0.455. The fourth-order valence-electron chi connectivity index (χ4n) is 2.01. The van der Waals surface area contributed by atoms with E-state index in [4.69, 9.17) is 0 Å². The number of rotatable bonds is 1. The van der Waals surface area contributed by atoms with Crippen molar-refractivity contribution in [3.05, 3.63) is 35.9 Å². The second kappa shape index (κ2) is 3.28. The fourth-order valence-corrected chi connectivity index (χ4v) is 2.01. The molecule has 1 fully saturated rings. The van der Waals surface area contributed by atoms with E-state index in [1.807, 2.05) is 0 Å². The van der Waals surface area contributed by atoms with Gasteiger partial charge in [0.05, 0.1) is 0 Å². The first-order valence-electron chi connectivity index (χ1n) is 4.66. The van der Waals surface area contributed by atoms with Crippen LogP contribution in [0, 0.1) is 0 Å². The zero-order valence-corrected chi connectivity index (χ0v) is 7.46. The Balaban J connectivity index is 2.19. The maximum atomic E-state index is 3.47. The van der Waals surface area contributed by atoms with E-state index in [0.29, 0.717) is 6.04 Å². The minimum Gasteiger partial charge on any atom is -0.314 e. The average Bonchev–Trinajstić information content (AvgIpc) is 2.53. The van der Waals surface area contributed by atoms with Gasteiger partial charge in [-0.3, -0.25) is 0 Å². The first-order chi connectivity index (χ1) is 5.88. The van der Waals surface area contributed by atoms with Gasteiger partial charge in [0, 0.05) is 12.0 Å². The second-order valence-corrected chi connectivity index (χ2v) is 3.55. The SMILES string of the molecule is C[C@H]1NCC[C@@H]1c1ccccc1. The third kappa shape index (κ3) is 1.37. The first kappa shape index (κ1) is 7.81. The zero-order valence-electron chi connectivity index (χ0n) is 7.46. The van der Waals surface area contributed by atoms with Gasteiger partial charge in [-0.25, -0.2) is 0 Å². The van der Waals surface area contributed by atoms with Crippen molar-refractivity contribution in [2.24, 2.45) is 0 Å². The predicted molar refractivity (Wildman–Crippen MR) is 51.3 cm³/mol. The molecule has 2 rings (SSSR count). The Hall–Kier alpha value is -0.820. The number of hydrogen-bond acceptors (Lipinski definition) is 1. The quantitative estimate of drug-likeness (QED) is 0.665. The Kier molecular flexibility index (Phi) is 2.13. The first-order valence-corrected chi connectivity index (χ1v) is 4.66. The number of nitrogens with one attached hydrogen (secondary N) is 1. The summed E-state index contributed by atoms with van der Waals surface area (Å²) in [5, 5.41) is 3.47. The van der Waals surface area contributed by atoms with Crippen LogP contribution in [0.4, 0.5) is 0 Å². The molecule has 1 aliphatic heterocycles. The van der Waals surface area contributed by atoms with Crippen molar-refractivity contribution in [3.8, 4) is 0 Å². The molecule has 1 saturated heterocycles. The van der Waals surface area contributed by atoms with E-state index in [-0.39, 0.29) is 0 Å². The van der Waals surface area contributed by atoms with Gasteiger partial charge in [0.2, 0.25) is 0 Å². The van der Waals surface area contributed by atoms with Crippen LogP contribution in [-0.2, 0) is 0 Å². The molecular weight excluding hydrogens is 146 g/mol. The molecule has 0 aliphatic carbocycles. The lowest BCUT2D eigenvalue weighted by atomic mass is 9.93. The minimum atomic E-state index is 0.646. The lowest BCUT2D eigenvalue weighted by Crippen LogP contribution is -2.21.